The first-order valence-electron chi connectivity index (χ1n) is 6.14. The van der Waals surface area contributed by atoms with Crippen LogP contribution in [0.3, 0.4) is 0 Å². The largest absolute Gasteiger partial charge is 0.396 e. The molecule has 1 unspecified atom stereocenters. The molecule has 1 saturated heterocycles. The predicted octanol–water partition coefficient (Wildman–Crippen LogP) is 2.51. The van der Waals surface area contributed by atoms with Gasteiger partial charge >= 0.3 is 0 Å². The van der Waals surface area contributed by atoms with Gasteiger partial charge in [0.2, 0.25) is 0 Å². The monoisotopic (exact) mass is 219 g/mol. The summed E-state index contributed by atoms with van der Waals surface area (Å²) in [5.74, 6) is 0.454. The number of nitrogens with zero attached hydrogens (tertiary/aromatic N) is 1. The first-order valence-corrected chi connectivity index (χ1v) is 6.14. The Morgan fingerprint density at radius 3 is 2.81 bits per heavy atom. The van der Waals surface area contributed by atoms with Crippen LogP contribution in [0.4, 0.5) is 5.69 Å². The molecule has 0 spiro atoms. The van der Waals surface area contributed by atoms with E-state index in [1.165, 1.54) is 23.2 Å². The second-order valence-electron chi connectivity index (χ2n) is 4.91. The molecule has 0 aliphatic carbocycles. The minimum Gasteiger partial charge on any atom is -0.396 e. The number of benzene rings is 1. The number of hydrogen-bond acceptors (Lipinski definition) is 2. The van der Waals surface area contributed by atoms with Crippen LogP contribution in [0.2, 0.25) is 0 Å². The zero-order valence-electron chi connectivity index (χ0n) is 10.2. The topological polar surface area (TPSA) is 23.5 Å². The fourth-order valence-corrected chi connectivity index (χ4v) is 2.37. The summed E-state index contributed by atoms with van der Waals surface area (Å²) in [7, 11) is 0. The Morgan fingerprint density at radius 2 is 2.12 bits per heavy atom. The first kappa shape index (κ1) is 11.5. The van der Waals surface area contributed by atoms with E-state index in [-0.39, 0.29) is 0 Å². The molecule has 1 aromatic carbocycles. The van der Waals surface area contributed by atoms with Crippen LogP contribution in [0.25, 0.3) is 0 Å². The minimum absolute atomic E-state index is 0.321. The second kappa shape index (κ2) is 4.88. The zero-order valence-corrected chi connectivity index (χ0v) is 10.2. The highest BCUT2D eigenvalue weighted by Crippen LogP contribution is 2.24. The van der Waals surface area contributed by atoms with E-state index in [0.717, 1.165) is 19.5 Å². The fourth-order valence-electron chi connectivity index (χ4n) is 2.37. The van der Waals surface area contributed by atoms with Gasteiger partial charge in [-0.3, -0.25) is 0 Å². The van der Waals surface area contributed by atoms with Crippen molar-refractivity contribution < 1.29 is 5.11 Å². The van der Waals surface area contributed by atoms with E-state index in [2.05, 4.69) is 36.9 Å². The summed E-state index contributed by atoms with van der Waals surface area (Å²) >= 11 is 0. The molecule has 0 saturated carbocycles. The number of rotatable bonds is 2. The van der Waals surface area contributed by atoms with Crippen molar-refractivity contribution in [1.29, 1.82) is 0 Å². The summed E-state index contributed by atoms with van der Waals surface area (Å²) < 4.78 is 0. The molecule has 16 heavy (non-hydrogen) atoms. The molecule has 2 heteroatoms. The summed E-state index contributed by atoms with van der Waals surface area (Å²) in [6.07, 6.45) is 2.36. The lowest BCUT2D eigenvalue weighted by atomic mass is 9.98. The molecule has 88 valence electrons. The highest BCUT2D eigenvalue weighted by molar-refractivity contribution is 5.50. The highest BCUT2D eigenvalue weighted by Gasteiger charge is 2.19. The quantitative estimate of drug-likeness (QED) is 0.826. The molecule has 1 N–H and O–H groups in total. The third-order valence-corrected chi connectivity index (χ3v) is 3.63. The molecule has 0 aromatic heterocycles. The van der Waals surface area contributed by atoms with E-state index >= 15 is 0 Å². The van der Waals surface area contributed by atoms with Crippen LogP contribution < -0.4 is 4.90 Å². The minimum atomic E-state index is 0.321. The van der Waals surface area contributed by atoms with Crippen molar-refractivity contribution in [3.8, 4) is 0 Å². The lowest BCUT2D eigenvalue weighted by molar-refractivity contribution is 0.209. The Balaban J connectivity index is 2.13. The normalized spacial score (nSPS) is 21.2. The summed E-state index contributed by atoms with van der Waals surface area (Å²) in [5.41, 5.74) is 4.00. The molecule has 1 heterocycles. The maximum absolute atomic E-state index is 9.23. The number of aliphatic hydroxyl groups is 1. The molecule has 2 nitrogen and oxygen atoms in total. The van der Waals surface area contributed by atoms with Gasteiger partial charge < -0.3 is 10.0 Å². The summed E-state index contributed by atoms with van der Waals surface area (Å²) in [6.45, 7) is 6.75. The third kappa shape index (κ3) is 2.38. The van der Waals surface area contributed by atoms with Gasteiger partial charge in [0.25, 0.3) is 0 Å². The van der Waals surface area contributed by atoms with Crippen LogP contribution in [0.1, 0.15) is 24.0 Å². The molecule has 1 fully saturated rings. The van der Waals surface area contributed by atoms with E-state index in [1.54, 1.807) is 0 Å². The molecule has 0 radical (unpaired) electrons. The molecular weight excluding hydrogens is 198 g/mol. The lowest BCUT2D eigenvalue weighted by Crippen LogP contribution is -2.36. The van der Waals surface area contributed by atoms with Crippen molar-refractivity contribution in [3.05, 3.63) is 29.3 Å². The highest BCUT2D eigenvalue weighted by atomic mass is 16.3. The summed E-state index contributed by atoms with van der Waals surface area (Å²) in [4.78, 5) is 2.40. The van der Waals surface area contributed by atoms with Gasteiger partial charge in [-0.05, 0) is 55.9 Å². The molecule has 0 amide bonds. The maximum Gasteiger partial charge on any atom is 0.0476 e. The van der Waals surface area contributed by atoms with E-state index in [1.807, 2.05) is 0 Å². The molecular formula is C14H21NO. The van der Waals surface area contributed by atoms with Gasteiger partial charge in [-0.1, -0.05) is 6.07 Å². The average Bonchev–Trinajstić information content (AvgIpc) is 2.33. The smallest absolute Gasteiger partial charge is 0.0476 e. The van der Waals surface area contributed by atoms with Crippen molar-refractivity contribution in [2.24, 2.45) is 5.92 Å². The lowest BCUT2D eigenvalue weighted by Gasteiger charge is -2.34. The van der Waals surface area contributed by atoms with E-state index in [4.69, 9.17) is 0 Å². The van der Waals surface area contributed by atoms with E-state index in [0.29, 0.717) is 12.5 Å². The molecule has 0 bridgehead atoms. The first-order chi connectivity index (χ1) is 7.70. The van der Waals surface area contributed by atoms with Gasteiger partial charge in [-0.2, -0.15) is 0 Å². The number of hydrogen-bond donors (Lipinski definition) is 1. The van der Waals surface area contributed by atoms with Gasteiger partial charge in [0.1, 0.15) is 0 Å². The summed E-state index contributed by atoms with van der Waals surface area (Å²) in [5, 5.41) is 9.23. The number of anilines is 1. The van der Waals surface area contributed by atoms with Crippen LogP contribution in [-0.2, 0) is 0 Å². The zero-order chi connectivity index (χ0) is 11.5. The van der Waals surface area contributed by atoms with Crippen LogP contribution in [0.15, 0.2) is 18.2 Å². The van der Waals surface area contributed by atoms with Crippen molar-refractivity contribution >= 4 is 5.69 Å². The van der Waals surface area contributed by atoms with Crippen molar-refractivity contribution in [3.63, 3.8) is 0 Å². The Hall–Kier alpha value is -1.02. The Morgan fingerprint density at radius 1 is 1.31 bits per heavy atom. The van der Waals surface area contributed by atoms with E-state index in [9.17, 15) is 5.11 Å². The molecule has 1 aliphatic heterocycles. The predicted molar refractivity (Wildman–Crippen MR) is 67.9 cm³/mol. The van der Waals surface area contributed by atoms with Gasteiger partial charge in [-0.25, -0.2) is 0 Å². The van der Waals surface area contributed by atoms with Gasteiger partial charge in [0.05, 0.1) is 0 Å². The van der Waals surface area contributed by atoms with E-state index < -0.39 is 0 Å². The van der Waals surface area contributed by atoms with Gasteiger partial charge in [0.15, 0.2) is 0 Å². The Bertz CT molecular complexity index is 362. The van der Waals surface area contributed by atoms with Gasteiger partial charge in [-0.15, -0.1) is 0 Å². The van der Waals surface area contributed by atoms with Crippen molar-refractivity contribution in [1.82, 2.24) is 0 Å². The Labute approximate surface area is 97.9 Å². The van der Waals surface area contributed by atoms with Crippen LogP contribution in [0, 0.1) is 19.8 Å². The van der Waals surface area contributed by atoms with Gasteiger partial charge in [0, 0.05) is 25.4 Å². The second-order valence-corrected chi connectivity index (χ2v) is 4.91. The molecule has 1 aromatic rings. The molecule has 2 rings (SSSR count). The molecule has 1 aliphatic rings. The maximum atomic E-state index is 9.23. The van der Waals surface area contributed by atoms with Crippen LogP contribution in [-0.4, -0.2) is 24.8 Å². The Kier molecular flexibility index (Phi) is 3.49. The van der Waals surface area contributed by atoms with Crippen molar-refractivity contribution in [2.45, 2.75) is 26.7 Å². The SMILES string of the molecule is Cc1ccc(N2CCCC(CO)C2)cc1C. The third-order valence-electron chi connectivity index (χ3n) is 3.63. The van der Waals surface area contributed by atoms with Crippen LogP contribution >= 0.6 is 0 Å². The number of piperidine rings is 1. The fraction of sp³-hybridized carbons (Fsp3) is 0.571. The van der Waals surface area contributed by atoms with Crippen LogP contribution in [0.5, 0.6) is 0 Å². The number of aliphatic hydroxyl groups excluding tert-OH is 1. The number of aryl methyl sites for hydroxylation is 2. The average molecular weight is 219 g/mol. The summed E-state index contributed by atoms with van der Waals surface area (Å²) in [6, 6.07) is 6.64. The molecule has 1 atom stereocenters. The van der Waals surface area contributed by atoms with Crippen molar-refractivity contribution in [2.75, 3.05) is 24.6 Å². The standard InChI is InChI=1S/C14H21NO/c1-11-5-6-14(8-12(11)2)15-7-3-4-13(9-15)10-16/h5-6,8,13,16H,3-4,7,9-10H2,1-2H3.